The third-order valence-electron chi connectivity index (χ3n) is 3.82. The molecule has 2 N–H and O–H groups in total. The van der Waals surface area contributed by atoms with Gasteiger partial charge >= 0.3 is 0 Å². The third kappa shape index (κ3) is 5.49. The number of benzene rings is 2. The van der Waals surface area contributed by atoms with Crippen molar-refractivity contribution < 1.29 is 18.9 Å². The Morgan fingerprint density at radius 3 is 2.53 bits per heavy atom. The van der Waals surface area contributed by atoms with Crippen LogP contribution >= 0.6 is 0 Å². The van der Waals surface area contributed by atoms with Gasteiger partial charge in [0.2, 0.25) is 0 Å². The number of furan rings is 1. The lowest BCUT2D eigenvalue weighted by Gasteiger charge is -2.09. The number of hydrazone groups is 1. The Labute approximate surface area is 170 Å². The number of non-ortho nitro benzene ring substituents is 1. The van der Waals surface area contributed by atoms with E-state index in [4.69, 9.17) is 4.42 Å². The summed E-state index contributed by atoms with van der Waals surface area (Å²) in [7, 11) is 0. The molecule has 0 spiro atoms. The maximum absolute atomic E-state index is 12.6. The lowest BCUT2D eigenvalue weighted by atomic mass is 10.1. The molecule has 9 heteroatoms. The average molecular weight is 404 g/mol. The molecular weight excluding hydrogens is 388 g/mol. The van der Waals surface area contributed by atoms with Crippen LogP contribution in [0.3, 0.4) is 0 Å². The monoisotopic (exact) mass is 404 g/mol. The Kier molecular flexibility index (Phi) is 6.47. The Hall–Kier alpha value is -4.53. The molecule has 0 saturated heterocycles. The minimum absolute atomic E-state index is 0.138. The highest BCUT2D eigenvalue weighted by molar-refractivity contribution is 6.05. The summed E-state index contributed by atoms with van der Waals surface area (Å²) in [6.45, 7) is 0. The first-order valence-electron chi connectivity index (χ1n) is 8.72. The summed E-state index contributed by atoms with van der Waals surface area (Å²) < 4.78 is 5.08. The van der Waals surface area contributed by atoms with Gasteiger partial charge in [-0.3, -0.25) is 19.7 Å². The number of carbonyl (C=O) groups excluding carboxylic acids is 2. The van der Waals surface area contributed by atoms with E-state index in [0.29, 0.717) is 16.9 Å². The predicted molar refractivity (Wildman–Crippen MR) is 109 cm³/mol. The molecule has 0 atom stereocenters. The fourth-order valence-corrected chi connectivity index (χ4v) is 2.42. The van der Waals surface area contributed by atoms with Crippen molar-refractivity contribution in [1.82, 2.24) is 10.7 Å². The zero-order chi connectivity index (χ0) is 21.3. The molecule has 0 aliphatic rings. The number of nitro benzene ring substituents is 1. The Bertz CT molecular complexity index is 1110. The van der Waals surface area contributed by atoms with E-state index in [9.17, 15) is 19.7 Å². The highest BCUT2D eigenvalue weighted by atomic mass is 16.6. The average Bonchev–Trinajstić information content (AvgIpc) is 3.27. The molecular formula is C21H16N4O5. The summed E-state index contributed by atoms with van der Waals surface area (Å²) >= 11 is 0. The molecule has 0 radical (unpaired) electrons. The maximum atomic E-state index is 12.6. The predicted octanol–water partition coefficient (Wildman–Crippen LogP) is 3.11. The lowest BCUT2D eigenvalue weighted by Crippen LogP contribution is -2.32. The summed E-state index contributed by atoms with van der Waals surface area (Å²) in [5.41, 5.74) is 2.71. The zero-order valence-electron chi connectivity index (χ0n) is 15.5. The number of amides is 2. The first-order chi connectivity index (χ1) is 14.5. The molecule has 0 aliphatic heterocycles. The number of nitrogens with one attached hydrogen (secondary N) is 2. The largest absolute Gasteiger partial charge is 0.463 e. The van der Waals surface area contributed by atoms with Gasteiger partial charge in [-0.2, -0.15) is 5.10 Å². The van der Waals surface area contributed by atoms with Gasteiger partial charge in [-0.05, 0) is 35.9 Å². The van der Waals surface area contributed by atoms with Gasteiger partial charge in [-0.15, -0.1) is 0 Å². The van der Waals surface area contributed by atoms with Crippen LogP contribution in [0.4, 0.5) is 5.69 Å². The van der Waals surface area contributed by atoms with Crippen LogP contribution in [0, 0.1) is 10.1 Å². The van der Waals surface area contributed by atoms with Gasteiger partial charge in [-0.1, -0.05) is 30.3 Å². The number of rotatable bonds is 7. The molecule has 2 amide bonds. The van der Waals surface area contributed by atoms with E-state index < -0.39 is 16.7 Å². The molecule has 0 unspecified atom stereocenters. The summed E-state index contributed by atoms with van der Waals surface area (Å²) in [5.74, 6) is -0.807. The van der Waals surface area contributed by atoms with Crippen molar-refractivity contribution >= 4 is 29.8 Å². The van der Waals surface area contributed by atoms with E-state index in [2.05, 4.69) is 15.8 Å². The fraction of sp³-hybridized carbons (Fsp3) is 0. The summed E-state index contributed by atoms with van der Waals surface area (Å²) in [6.07, 6.45) is 4.07. The number of hydrogen-bond acceptors (Lipinski definition) is 6. The van der Waals surface area contributed by atoms with Crippen molar-refractivity contribution in [2.24, 2.45) is 5.10 Å². The van der Waals surface area contributed by atoms with Gasteiger partial charge in [0.05, 0.1) is 17.4 Å². The first-order valence-corrected chi connectivity index (χ1v) is 8.72. The van der Waals surface area contributed by atoms with Crippen LogP contribution in [0.2, 0.25) is 0 Å². The maximum Gasteiger partial charge on any atom is 0.287 e. The Morgan fingerprint density at radius 2 is 1.83 bits per heavy atom. The smallest absolute Gasteiger partial charge is 0.287 e. The molecule has 3 aromatic rings. The van der Waals surface area contributed by atoms with Gasteiger partial charge < -0.3 is 9.73 Å². The third-order valence-corrected chi connectivity index (χ3v) is 3.82. The molecule has 0 bridgehead atoms. The lowest BCUT2D eigenvalue weighted by molar-refractivity contribution is -0.384. The van der Waals surface area contributed by atoms with Crippen LogP contribution in [-0.4, -0.2) is 23.0 Å². The molecule has 0 aliphatic carbocycles. The molecule has 150 valence electrons. The molecule has 9 nitrogen and oxygen atoms in total. The topological polar surface area (TPSA) is 127 Å². The minimum Gasteiger partial charge on any atom is -0.463 e. The van der Waals surface area contributed by atoms with E-state index in [-0.39, 0.29) is 11.4 Å². The van der Waals surface area contributed by atoms with E-state index >= 15 is 0 Å². The van der Waals surface area contributed by atoms with Crippen molar-refractivity contribution in [3.63, 3.8) is 0 Å². The fourth-order valence-electron chi connectivity index (χ4n) is 2.42. The van der Waals surface area contributed by atoms with Crippen LogP contribution in [0.25, 0.3) is 6.08 Å². The van der Waals surface area contributed by atoms with Crippen LogP contribution in [0.5, 0.6) is 0 Å². The molecule has 0 saturated carbocycles. The van der Waals surface area contributed by atoms with Gasteiger partial charge in [0.25, 0.3) is 17.5 Å². The highest BCUT2D eigenvalue weighted by Gasteiger charge is 2.15. The molecule has 1 heterocycles. The quantitative estimate of drug-likeness (QED) is 0.271. The highest BCUT2D eigenvalue weighted by Crippen LogP contribution is 2.15. The Balaban J connectivity index is 1.85. The van der Waals surface area contributed by atoms with Crippen molar-refractivity contribution in [2.45, 2.75) is 0 Å². The van der Waals surface area contributed by atoms with Crippen LogP contribution in [0.15, 0.2) is 88.2 Å². The van der Waals surface area contributed by atoms with Gasteiger partial charge in [0.15, 0.2) is 0 Å². The standard InChI is InChI=1S/C21H16N4O5/c26-20(16-7-2-1-3-8-16)23-19(13-15-6-4-9-17(12-15)25(28)29)21(27)24-22-14-18-10-5-11-30-18/h1-14H,(H,23,26)(H,24,27)/b19-13-,22-14-. The molecule has 30 heavy (non-hydrogen) atoms. The molecule has 1 aromatic heterocycles. The van der Waals surface area contributed by atoms with Crippen molar-refractivity contribution in [1.29, 1.82) is 0 Å². The number of nitrogens with zero attached hydrogens (tertiary/aromatic N) is 2. The van der Waals surface area contributed by atoms with E-state index in [0.717, 1.165) is 0 Å². The van der Waals surface area contributed by atoms with Gasteiger partial charge in [-0.25, -0.2) is 5.43 Å². The summed E-state index contributed by atoms with van der Waals surface area (Å²) in [4.78, 5) is 35.5. The number of nitro groups is 1. The molecule has 2 aromatic carbocycles. The van der Waals surface area contributed by atoms with Crippen LogP contribution in [0.1, 0.15) is 21.7 Å². The molecule has 0 fully saturated rings. The van der Waals surface area contributed by atoms with E-state index in [1.165, 1.54) is 36.8 Å². The second kappa shape index (κ2) is 9.60. The van der Waals surface area contributed by atoms with Gasteiger partial charge in [0, 0.05) is 17.7 Å². The van der Waals surface area contributed by atoms with E-state index in [1.54, 1.807) is 48.5 Å². The number of carbonyl (C=O) groups is 2. The van der Waals surface area contributed by atoms with Gasteiger partial charge in [0.1, 0.15) is 11.5 Å². The van der Waals surface area contributed by atoms with E-state index in [1.807, 2.05) is 0 Å². The summed E-state index contributed by atoms with van der Waals surface area (Å²) in [6, 6.07) is 17.3. The minimum atomic E-state index is -0.714. The van der Waals surface area contributed by atoms with Crippen molar-refractivity contribution in [3.8, 4) is 0 Å². The SMILES string of the molecule is O=C(N/N=C\c1ccco1)/C(=C/c1cccc([N+](=O)[O-])c1)NC(=O)c1ccccc1. The zero-order valence-corrected chi connectivity index (χ0v) is 15.5. The number of hydrogen-bond donors (Lipinski definition) is 2. The Morgan fingerprint density at radius 1 is 1.03 bits per heavy atom. The second-order valence-electron chi connectivity index (χ2n) is 5.94. The summed E-state index contributed by atoms with van der Waals surface area (Å²) in [5, 5.41) is 17.3. The van der Waals surface area contributed by atoms with Crippen LogP contribution < -0.4 is 10.7 Å². The van der Waals surface area contributed by atoms with Crippen molar-refractivity contribution in [2.75, 3.05) is 0 Å². The van der Waals surface area contributed by atoms with Crippen molar-refractivity contribution in [3.05, 3.63) is 106 Å². The normalized spacial score (nSPS) is 11.3. The first kappa shape index (κ1) is 20.2. The molecule has 3 rings (SSSR count). The second-order valence-corrected chi connectivity index (χ2v) is 5.94. The van der Waals surface area contributed by atoms with Crippen LogP contribution in [-0.2, 0) is 4.79 Å².